The Hall–Kier alpha value is -1.22. The van der Waals surface area contributed by atoms with E-state index in [0.29, 0.717) is 6.04 Å². The minimum absolute atomic E-state index is 0.441. The van der Waals surface area contributed by atoms with Crippen LogP contribution in [0.5, 0.6) is 11.5 Å². The number of nitrogens with one attached hydrogen (secondary N) is 1. The van der Waals surface area contributed by atoms with Gasteiger partial charge in [-0.1, -0.05) is 6.07 Å². The second kappa shape index (κ2) is 3.98. The maximum Gasteiger partial charge on any atom is 0.126 e. The Balaban J connectivity index is 1.79. The zero-order valence-electron chi connectivity index (χ0n) is 9.53. The highest BCUT2D eigenvalue weighted by Crippen LogP contribution is 2.33. The van der Waals surface area contributed by atoms with E-state index in [-0.39, 0.29) is 0 Å². The summed E-state index contributed by atoms with van der Waals surface area (Å²) in [6, 6.07) is 7.17. The molecule has 3 nitrogen and oxygen atoms in total. The van der Waals surface area contributed by atoms with Gasteiger partial charge in [0.15, 0.2) is 0 Å². The van der Waals surface area contributed by atoms with Gasteiger partial charge in [-0.2, -0.15) is 0 Å². The molecule has 0 saturated heterocycles. The normalized spacial score (nSPS) is 23.4. The fourth-order valence-electron chi connectivity index (χ4n) is 2.26. The summed E-state index contributed by atoms with van der Waals surface area (Å²) >= 11 is 0. The Labute approximate surface area is 95.8 Å². The van der Waals surface area contributed by atoms with Gasteiger partial charge in [0.25, 0.3) is 0 Å². The molecule has 1 fully saturated rings. The molecule has 3 rings (SSSR count). The van der Waals surface area contributed by atoms with Crippen molar-refractivity contribution in [3.63, 3.8) is 0 Å². The third kappa shape index (κ3) is 1.87. The summed E-state index contributed by atoms with van der Waals surface area (Å²) < 4.78 is 11.1. The summed E-state index contributed by atoms with van der Waals surface area (Å²) in [7, 11) is 1.72. The van der Waals surface area contributed by atoms with Crippen molar-refractivity contribution >= 4 is 0 Å². The van der Waals surface area contributed by atoms with E-state index in [9.17, 15) is 0 Å². The summed E-state index contributed by atoms with van der Waals surface area (Å²) in [6.07, 6.45) is 3.64. The van der Waals surface area contributed by atoms with Crippen molar-refractivity contribution in [3.8, 4) is 11.5 Å². The van der Waals surface area contributed by atoms with E-state index in [1.807, 2.05) is 18.2 Å². The number of rotatable bonds is 3. The maximum absolute atomic E-state index is 5.76. The summed E-state index contributed by atoms with van der Waals surface area (Å²) in [5, 5.41) is 3.60. The lowest BCUT2D eigenvalue weighted by Crippen LogP contribution is -2.40. The molecule has 2 aliphatic rings. The minimum Gasteiger partial charge on any atom is -0.496 e. The van der Waals surface area contributed by atoms with Crippen LogP contribution in [0.3, 0.4) is 0 Å². The molecular formula is C13H17NO2. The summed E-state index contributed by atoms with van der Waals surface area (Å²) in [5.74, 6) is 1.92. The molecule has 1 aromatic carbocycles. The van der Waals surface area contributed by atoms with Crippen LogP contribution in [-0.2, 0) is 6.42 Å². The van der Waals surface area contributed by atoms with Gasteiger partial charge in [-0.05, 0) is 31.4 Å². The number of hydrogen-bond acceptors (Lipinski definition) is 3. The van der Waals surface area contributed by atoms with Crippen molar-refractivity contribution in [1.82, 2.24) is 5.32 Å². The Morgan fingerprint density at radius 1 is 1.31 bits per heavy atom. The number of ether oxygens (including phenoxy) is 2. The van der Waals surface area contributed by atoms with Gasteiger partial charge in [0.2, 0.25) is 0 Å². The summed E-state index contributed by atoms with van der Waals surface area (Å²) in [5.41, 5.74) is 1.20. The van der Waals surface area contributed by atoms with E-state index >= 15 is 0 Å². The summed E-state index contributed by atoms with van der Waals surface area (Å²) in [4.78, 5) is 0. The minimum atomic E-state index is 0.441. The average Bonchev–Trinajstić information content (AvgIpc) is 3.12. The lowest BCUT2D eigenvalue weighted by molar-refractivity contribution is 0.233. The Morgan fingerprint density at radius 3 is 2.94 bits per heavy atom. The van der Waals surface area contributed by atoms with Crippen LogP contribution in [0, 0.1) is 0 Å². The van der Waals surface area contributed by atoms with E-state index in [2.05, 4.69) is 5.32 Å². The van der Waals surface area contributed by atoms with Crippen molar-refractivity contribution in [2.45, 2.75) is 31.3 Å². The van der Waals surface area contributed by atoms with E-state index in [1.54, 1.807) is 7.11 Å². The van der Waals surface area contributed by atoms with Crippen LogP contribution >= 0.6 is 0 Å². The van der Waals surface area contributed by atoms with Gasteiger partial charge in [-0.15, -0.1) is 0 Å². The van der Waals surface area contributed by atoms with Gasteiger partial charge >= 0.3 is 0 Å². The molecule has 0 amide bonds. The van der Waals surface area contributed by atoms with Gasteiger partial charge in [0, 0.05) is 17.6 Å². The summed E-state index contributed by atoms with van der Waals surface area (Å²) in [6.45, 7) is 0.774. The first kappa shape index (κ1) is 9.97. The molecule has 1 saturated carbocycles. The molecule has 1 unspecified atom stereocenters. The Bertz CT molecular complexity index is 373. The van der Waals surface area contributed by atoms with Gasteiger partial charge in [-0.25, -0.2) is 0 Å². The predicted molar refractivity (Wildman–Crippen MR) is 62.1 cm³/mol. The van der Waals surface area contributed by atoms with Crippen LogP contribution in [-0.4, -0.2) is 25.8 Å². The van der Waals surface area contributed by atoms with Crippen LogP contribution < -0.4 is 14.8 Å². The van der Waals surface area contributed by atoms with Crippen molar-refractivity contribution in [2.75, 3.05) is 13.7 Å². The Morgan fingerprint density at radius 2 is 2.19 bits per heavy atom. The highest BCUT2D eigenvalue weighted by atomic mass is 16.5. The first-order chi connectivity index (χ1) is 7.86. The Kier molecular flexibility index (Phi) is 2.48. The van der Waals surface area contributed by atoms with Crippen LogP contribution in [0.2, 0.25) is 0 Å². The molecule has 0 radical (unpaired) electrons. The molecule has 1 aliphatic heterocycles. The molecule has 1 aliphatic carbocycles. The maximum atomic E-state index is 5.76. The van der Waals surface area contributed by atoms with E-state index < -0.39 is 0 Å². The first-order valence-electron chi connectivity index (χ1n) is 5.91. The van der Waals surface area contributed by atoms with Crippen molar-refractivity contribution < 1.29 is 9.47 Å². The lowest BCUT2D eigenvalue weighted by Gasteiger charge is -2.27. The number of hydrogen-bond donors (Lipinski definition) is 1. The second-order valence-electron chi connectivity index (χ2n) is 4.59. The lowest BCUT2D eigenvalue weighted by atomic mass is 10.0. The SMILES string of the molecule is COc1cccc2c1CC(NC1CC1)CO2. The van der Waals surface area contributed by atoms with Crippen LogP contribution in [0.1, 0.15) is 18.4 Å². The third-order valence-corrected chi connectivity index (χ3v) is 3.25. The van der Waals surface area contributed by atoms with Crippen LogP contribution in [0.25, 0.3) is 0 Å². The van der Waals surface area contributed by atoms with Gasteiger partial charge in [-0.3, -0.25) is 0 Å². The van der Waals surface area contributed by atoms with E-state index in [1.165, 1.54) is 18.4 Å². The molecule has 3 heteroatoms. The highest BCUT2D eigenvalue weighted by Gasteiger charge is 2.28. The number of methoxy groups -OCH3 is 1. The quantitative estimate of drug-likeness (QED) is 0.840. The molecule has 1 atom stereocenters. The van der Waals surface area contributed by atoms with E-state index in [4.69, 9.17) is 9.47 Å². The average molecular weight is 219 g/mol. The fourth-order valence-corrected chi connectivity index (χ4v) is 2.26. The standard InChI is InChI=1S/C13H17NO2/c1-15-12-3-2-4-13-11(12)7-10(8-16-13)14-9-5-6-9/h2-4,9-10,14H,5-8H2,1H3. The van der Waals surface area contributed by atoms with Gasteiger partial charge < -0.3 is 14.8 Å². The smallest absolute Gasteiger partial charge is 0.126 e. The van der Waals surface area contributed by atoms with Crippen molar-refractivity contribution in [1.29, 1.82) is 0 Å². The molecule has 0 aromatic heterocycles. The molecular weight excluding hydrogens is 202 g/mol. The van der Waals surface area contributed by atoms with Crippen LogP contribution in [0.4, 0.5) is 0 Å². The highest BCUT2D eigenvalue weighted by molar-refractivity contribution is 5.46. The molecule has 86 valence electrons. The fraction of sp³-hybridized carbons (Fsp3) is 0.538. The van der Waals surface area contributed by atoms with Gasteiger partial charge in [0.05, 0.1) is 7.11 Å². The second-order valence-corrected chi connectivity index (χ2v) is 4.59. The monoisotopic (exact) mass is 219 g/mol. The molecule has 1 heterocycles. The molecule has 1 aromatic rings. The number of fused-ring (bicyclic) bond motifs is 1. The van der Waals surface area contributed by atoms with E-state index in [0.717, 1.165) is 30.6 Å². The van der Waals surface area contributed by atoms with Crippen molar-refractivity contribution in [2.24, 2.45) is 0 Å². The first-order valence-corrected chi connectivity index (χ1v) is 5.91. The molecule has 1 N–H and O–H groups in total. The third-order valence-electron chi connectivity index (χ3n) is 3.25. The van der Waals surface area contributed by atoms with Gasteiger partial charge in [0.1, 0.15) is 18.1 Å². The van der Waals surface area contributed by atoms with Crippen LogP contribution in [0.15, 0.2) is 18.2 Å². The largest absolute Gasteiger partial charge is 0.496 e. The zero-order valence-corrected chi connectivity index (χ0v) is 9.53. The predicted octanol–water partition coefficient (Wildman–Crippen LogP) is 1.75. The molecule has 0 spiro atoms. The molecule has 16 heavy (non-hydrogen) atoms. The molecule has 0 bridgehead atoms. The van der Waals surface area contributed by atoms with Crippen molar-refractivity contribution in [3.05, 3.63) is 23.8 Å². The topological polar surface area (TPSA) is 30.5 Å². The number of benzene rings is 1. The zero-order chi connectivity index (χ0) is 11.0.